The summed E-state index contributed by atoms with van der Waals surface area (Å²) in [4.78, 5) is 41.5. The Balaban J connectivity index is 2.30. The molecule has 7 nitrogen and oxygen atoms in total. The van der Waals surface area contributed by atoms with Crippen molar-refractivity contribution in [1.82, 2.24) is 15.3 Å². The van der Waals surface area contributed by atoms with Crippen molar-refractivity contribution in [3.63, 3.8) is 0 Å². The van der Waals surface area contributed by atoms with Gasteiger partial charge in [-0.3, -0.25) is 9.59 Å². The molecule has 114 valence electrons. The molecule has 7 heteroatoms. The van der Waals surface area contributed by atoms with Gasteiger partial charge in [0.05, 0.1) is 0 Å². The number of carbonyl (C=O) groups is 2. The van der Waals surface area contributed by atoms with Crippen LogP contribution >= 0.6 is 0 Å². The van der Waals surface area contributed by atoms with Gasteiger partial charge >= 0.3 is 5.97 Å². The van der Waals surface area contributed by atoms with Gasteiger partial charge in [-0.15, -0.1) is 0 Å². The van der Waals surface area contributed by atoms with E-state index < -0.39 is 23.5 Å². The number of H-pyrrole nitrogens is 1. The number of rotatable bonds is 4. The fourth-order valence-electron chi connectivity index (χ4n) is 1.99. The van der Waals surface area contributed by atoms with Crippen molar-refractivity contribution >= 4 is 11.9 Å². The van der Waals surface area contributed by atoms with Crippen molar-refractivity contribution in [2.45, 2.75) is 19.9 Å². The molecule has 0 unspecified atom stereocenters. The number of aliphatic carboxylic acids is 1. The first kappa shape index (κ1) is 15.4. The Morgan fingerprint density at radius 2 is 2.05 bits per heavy atom. The molecule has 2 aromatic rings. The molecule has 0 saturated heterocycles. The summed E-state index contributed by atoms with van der Waals surface area (Å²) in [5.41, 5.74) is 0.452. The Bertz CT molecular complexity index is 782. The Labute approximate surface area is 126 Å². The lowest BCUT2D eigenvalue weighted by Gasteiger charge is -2.15. The van der Waals surface area contributed by atoms with E-state index in [-0.39, 0.29) is 5.56 Å². The van der Waals surface area contributed by atoms with Crippen molar-refractivity contribution in [3.05, 3.63) is 63.3 Å². The average Bonchev–Trinajstić information content (AvgIpc) is 2.44. The monoisotopic (exact) mass is 301 g/mol. The third-order valence-corrected chi connectivity index (χ3v) is 3.07. The molecule has 1 atom stereocenters. The topological polar surface area (TPSA) is 112 Å². The highest BCUT2D eigenvalue weighted by atomic mass is 16.4. The molecule has 3 N–H and O–H groups in total. The first-order valence-electron chi connectivity index (χ1n) is 6.54. The molecule has 22 heavy (non-hydrogen) atoms. The van der Waals surface area contributed by atoms with E-state index in [0.717, 1.165) is 11.8 Å². The fourth-order valence-corrected chi connectivity index (χ4v) is 1.99. The summed E-state index contributed by atoms with van der Waals surface area (Å²) in [6.07, 6.45) is 1.12. The summed E-state index contributed by atoms with van der Waals surface area (Å²) in [5.74, 6) is -1.63. The van der Waals surface area contributed by atoms with E-state index in [1.165, 1.54) is 0 Å². The second kappa shape index (κ2) is 6.21. The summed E-state index contributed by atoms with van der Waals surface area (Å²) < 4.78 is 0. The van der Waals surface area contributed by atoms with E-state index in [9.17, 15) is 19.5 Å². The van der Waals surface area contributed by atoms with Gasteiger partial charge in [0.15, 0.2) is 6.04 Å². The van der Waals surface area contributed by atoms with Crippen LogP contribution in [0.25, 0.3) is 0 Å². The quantitative estimate of drug-likeness (QED) is 0.778. The molecule has 0 fully saturated rings. The van der Waals surface area contributed by atoms with Crippen LogP contribution in [0.5, 0.6) is 0 Å². The zero-order valence-corrected chi connectivity index (χ0v) is 12.1. The highest BCUT2D eigenvalue weighted by Gasteiger charge is 2.24. The lowest BCUT2D eigenvalue weighted by molar-refractivity contribution is -0.139. The highest BCUT2D eigenvalue weighted by Crippen LogP contribution is 2.15. The van der Waals surface area contributed by atoms with Crippen LogP contribution in [0.3, 0.4) is 0 Å². The standard InChI is InChI=1S/C15H15N3O4/c1-8-4-3-5-10(6-8)12(15(21)22)18-14(20)11-7-16-9(2)17-13(11)19/h3-7,12H,1-2H3,(H,18,20)(H,21,22)(H,16,17,19)/t12-/m1/s1. The number of aryl methyl sites for hydroxylation is 2. The molecule has 0 radical (unpaired) electrons. The molecule has 1 aromatic carbocycles. The van der Waals surface area contributed by atoms with Crippen LogP contribution in [0.2, 0.25) is 0 Å². The summed E-state index contributed by atoms with van der Waals surface area (Å²) in [6.45, 7) is 3.40. The number of carboxylic acids is 1. The Hall–Kier alpha value is -2.96. The van der Waals surface area contributed by atoms with Gasteiger partial charge < -0.3 is 15.4 Å². The van der Waals surface area contributed by atoms with Crippen LogP contribution in [-0.2, 0) is 4.79 Å². The van der Waals surface area contributed by atoms with E-state index >= 15 is 0 Å². The van der Waals surface area contributed by atoms with Gasteiger partial charge in [0.2, 0.25) is 0 Å². The van der Waals surface area contributed by atoms with Crippen LogP contribution < -0.4 is 10.9 Å². The Morgan fingerprint density at radius 3 is 2.64 bits per heavy atom. The van der Waals surface area contributed by atoms with Gasteiger partial charge in [0.1, 0.15) is 11.4 Å². The van der Waals surface area contributed by atoms with Crippen molar-refractivity contribution in [3.8, 4) is 0 Å². The van der Waals surface area contributed by atoms with Gasteiger partial charge in [-0.1, -0.05) is 29.8 Å². The zero-order valence-electron chi connectivity index (χ0n) is 12.1. The minimum absolute atomic E-state index is 0.232. The number of hydrogen-bond acceptors (Lipinski definition) is 4. The molecule has 0 aliphatic heterocycles. The predicted molar refractivity (Wildman–Crippen MR) is 78.6 cm³/mol. The summed E-state index contributed by atoms with van der Waals surface area (Å²) >= 11 is 0. The predicted octanol–water partition coefficient (Wildman–Crippen LogP) is 0.942. The summed E-state index contributed by atoms with van der Waals surface area (Å²) in [7, 11) is 0. The maximum Gasteiger partial charge on any atom is 0.330 e. The average molecular weight is 301 g/mol. The fraction of sp³-hybridized carbons (Fsp3) is 0.200. The van der Waals surface area contributed by atoms with Crippen LogP contribution in [0.4, 0.5) is 0 Å². The second-order valence-electron chi connectivity index (χ2n) is 4.87. The molecule has 1 aromatic heterocycles. The molecule has 0 aliphatic rings. The summed E-state index contributed by atoms with van der Waals surface area (Å²) in [5, 5.41) is 11.6. The molecule has 0 bridgehead atoms. The maximum absolute atomic E-state index is 12.1. The minimum atomic E-state index is -1.24. The molecule has 0 saturated carbocycles. The van der Waals surface area contributed by atoms with Crippen LogP contribution in [0.15, 0.2) is 35.3 Å². The number of nitrogens with one attached hydrogen (secondary N) is 2. The van der Waals surface area contributed by atoms with Gasteiger partial charge in [-0.25, -0.2) is 9.78 Å². The van der Waals surface area contributed by atoms with E-state index in [1.54, 1.807) is 25.1 Å². The third kappa shape index (κ3) is 3.38. The number of hydrogen-bond donors (Lipinski definition) is 3. The number of carboxylic acid groups (broad SMARTS) is 1. The maximum atomic E-state index is 12.1. The number of amides is 1. The lowest BCUT2D eigenvalue weighted by Crippen LogP contribution is -2.36. The number of carbonyl (C=O) groups excluding carboxylic acids is 1. The van der Waals surface area contributed by atoms with Gasteiger partial charge in [0.25, 0.3) is 11.5 Å². The smallest absolute Gasteiger partial charge is 0.330 e. The lowest BCUT2D eigenvalue weighted by atomic mass is 10.0. The number of aromatic amines is 1. The Kier molecular flexibility index (Phi) is 4.36. The molecule has 0 aliphatic carbocycles. The molecular weight excluding hydrogens is 286 g/mol. The van der Waals surface area contributed by atoms with Crippen LogP contribution in [0, 0.1) is 13.8 Å². The molecule has 0 spiro atoms. The van der Waals surface area contributed by atoms with E-state index in [0.29, 0.717) is 11.4 Å². The minimum Gasteiger partial charge on any atom is -0.479 e. The first-order chi connectivity index (χ1) is 10.4. The molecule has 1 heterocycles. The van der Waals surface area contributed by atoms with E-state index in [4.69, 9.17) is 0 Å². The summed E-state index contributed by atoms with van der Waals surface area (Å²) in [6, 6.07) is 5.54. The van der Waals surface area contributed by atoms with E-state index in [1.807, 2.05) is 13.0 Å². The van der Waals surface area contributed by atoms with Crippen molar-refractivity contribution < 1.29 is 14.7 Å². The van der Waals surface area contributed by atoms with Crippen LogP contribution in [-0.4, -0.2) is 27.0 Å². The third-order valence-electron chi connectivity index (χ3n) is 3.07. The molecule has 1 amide bonds. The normalized spacial score (nSPS) is 11.7. The van der Waals surface area contributed by atoms with Gasteiger partial charge in [-0.05, 0) is 19.4 Å². The van der Waals surface area contributed by atoms with E-state index in [2.05, 4.69) is 15.3 Å². The number of benzene rings is 1. The highest BCUT2D eigenvalue weighted by molar-refractivity contribution is 5.96. The van der Waals surface area contributed by atoms with Crippen molar-refractivity contribution in [1.29, 1.82) is 0 Å². The Morgan fingerprint density at radius 1 is 1.32 bits per heavy atom. The number of nitrogens with zero attached hydrogens (tertiary/aromatic N) is 1. The van der Waals surface area contributed by atoms with Gasteiger partial charge in [0, 0.05) is 6.20 Å². The second-order valence-corrected chi connectivity index (χ2v) is 4.87. The number of aromatic nitrogens is 2. The van der Waals surface area contributed by atoms with Crippen molar-refractivity contribution in [2.75, 3.05) is 0 Å². The zero-order chi connectivity index (χ0) is 16.3. The van der Waals surface area contributed by atoms with Gasteiger partial charge in [-0.2, -0.15) is 0 Å². The van der Waals surface area contributed by atoms with Crippen molar-refractivity contribution in [2.24, 2.45) is 0 Å². The SMILES string of the molecule is Cc1cccc([C@@H](NC(=O)c2cnc(C)[nH]c2=O)C(=O)O)c1. The molecule has 2 rings (SSSR count). The largest absolute Gasteiger partial charge is 0.479 e. The molecular formula is C15H15N3O4. The first-order valence-corrected chi connectivity index (χ1v) is 6.54. The van der Waals surface area contributed by atoms with Crippen LogP contribution in [0.1, 0.15) is 33.4 Å².